The first-order chi connectivity index (χ1) is 14.2. The molecule has 30 heavy (non-hydrogen) atoms. The van der Waals surface area contributed by atoms with Gasteiger partial charge in [0.2, 0.25) is 5.91 Å². The summed E-state index contributed by atoms with van der Waals surface area (Å²) in [4.78, 5) is 15.8. The van der Waals surface area contributed by atoms with Gasteiger partial charge in [-0.2, -0.15) is 0 Å². The minimum atomic E-state index is -1.29. The Balaban J connectivity index is 1.72. The molecule has 1 saturated carbocycles. The van der Waals surface area contributed by atoms with E-state index in [1.54, 1.807) is 17.9 Å². The Hall–Kier alpha value is -1.70. The van der Waals surface area contributed by atoms with Crippen molar-refractivity contribution in [2.24, 2.45) is 0 Å². The summed E-state index contributed by atoms with van der Waals surface area (Å²) in [6, 6.07) is 4.48. The van der Waals surface area contributed by atoms with Crippen LogP contribution in [-0.4, -0.2) is 76.5 Å². The fourth-order valence-corrected chi connectivity index (χ4v) is 4.62. The highest BCUT2D eigenvalue weighted by molar-refractivity contribution is 5.73. The second kappa shape index (κ2) is 9.62. The van der Waals surface area contributed by atoms with Crippen molar-refractivity contribution in [3.05, 3.63) is 29.6 Å². The van der Waals surface area contributed by atoms with Crippen LogP contribution in [0.4, 0.5) is 4.39 Å². The van der Waals surface area contributed by atoms with Gasteiger partial charge in [-0.1, -0.05) is 25.7 Å². The van der Waals surface area contributed by atoms with E-state index in [9.17, 15) is 19.4 Å². The van der Waals surface area contributed by atoms with Crippen molar-refractivity contribution in [3.8, 4) is 5.75 Å². The average Bonchev–Trinajstić information content (AvgIpc) is 2.99. The first-order valence-electron chi connectivity index (χ1n) is 11.0. The molecule has 1 heterocycles. The van der Waals surface area contributed by atoms with Crippen LogP contribution in [0.25, 0.3) is 0 Å². The number of hydrogen-bond donors (Lipinski definition) is 2. The number of hydrogen-bond acceptors (Lipinski definition) is 5. The topological polar surface area (TPSA) is 73.2 Å². The largest absolute Gasteiger partial charge is 0.490 e. The van der Waals surface area contributed by atoms with E-state index in [0.29, 0.717) is 37.5 Å². The van der Waals surface area contributed by atoms with Gasteiger partial charge < -0.3 is 19.8 Å². The zero-order chi connectivity index (χ0) is 21.8. The molecule has 1 saturated heterocycles. The molecule has 1 aromatic rings. The summed E-state index contributed by atoms with van der Waals surface area (Å²) >= 11 is 0. The number of carbonyl (C=O) groups excluding carboxylic acids is 1. The molecule has 0 spiro atoms. The Labute approximate surface area is 178 Å². The Bertz CT molecular complexity index is 736. The number of benzene rings is 1. The molecule has 1 aliphatic heterocycles. The maximum atomic E-state index is 13.5. The molecule has 7 heteroatoms. The zero-order valence-electron chi connectivity index (χ0n) is 18.2. The number of rotatable bonds is 5. The van der Waals surface area contributed by atoms with E-state index in [1.165, 1.54) is 19.1 Å². The average molecular weight is 423 g/mol. The minimum Gasteiger partial charge on any atom is -0.490 e. The molecule has 2 fully saturated rings. The molecule has 0 radical (unpaired) electrons. The van der Waals surface area contributed by atoms with Gasteiger partial charge in [0.25, 0.3) is 0 Å². The summed E-state index contributed by atoms with van der Waals surface area (Å²) in [5.41, 5.74) is -1.56. The number of halogens is 1. The van der Waals surface area contributed by atoms with Crippen molar-refractivity contribution in [1.29, 1.82) is 0 Å². The Kier molecular flexibility index (Phi) is 7.37. The SMILES string of the molecule is CC(=O)N1CCN(CC2(O)CCCCCC2)C[C@@](O)(COc2ccc(F)c(C)c2)C1. The van der Waals surface area contributed by atoms with E-state index in [4.69, 9.17) is 4.74 Å². The van der Waals surface area contributed by atoms with Gasteiger partial charge in [-0.05, 0) is 43.5 Å². The molecule has 1 amide bonds. The monoisotopic (exact) mass is 422 g/mol. The van der Waals surface area contributed by atoms with Gasteiger partial charge >= 0.3 is 0 Å². The minimum absolute atomic E-state index is 0.0171. The van der Waals surface area contributed by atoms with Gasteiger partial charge in [0.15, 0.2) is 0 Å². The maximum absolute atomic E-state index is 13.5. The van der Waals surface area contributed by atoms with Crippen molar-refractivity contribution >= 4 is 5.91 Å². The van der Waals surface area contributed by atoms with E-state index in [2.05, 4.69) is 4.90 Å². The number of aryl methyl sites for hydroxylation is 1. The molecule has 0 bridgehead atoms. The third kappa shape index (κ3) is 6.15. The summed E-state index contributed by atoms with van der Waals surface area (Å²) in [5.74, 6) is 0.0806. The van der Waals surface area contributed by atoms with Gasteiger partial charge in [0, 0.05) is 33.1 Å². The standard InChI is InChI=1S/C23H35FN2O4/c1-18-13-20(7-8-21(18)24)30-17-23(29)15-25(11-12-26(16-23)19(2)27)14-22(28)9-5-3-4-6-10-22/h7-8,13,28-29H,3-6,9-12,14-17H2,1-2H3/t23-/m0/s1. The lowest BCUT2D eigenvalue weighted by Crippen LogP contribution is -2.54. The van der Waals surface area contributed by atoms with Crippen LogP contribution in [0.2, 0.25) is 0 Å². The normalized spacial score (nSPS) is 25.4. The van der Waals surface area contributed by atoms with Crippen LogP contribution in [0.15, 0.2) is 18.2 Å². The summed E-state index contributed by atoms with van der Waals surface area (Å²) in [6.07, 6.45) is 5.86. The molecule has 3 rings (SSSR count). The molecule has 6 nitrogen and oxygen atoms in total. The van der Waals surface area contributed by atoms with Crippen molar-refractivity contribution in [3.63, 3.8) is 0 Å². The number of ether oxygens (including phenoxy) is 1. The predicted octanol–water partition coefficient (Wildman–Crippen LogP) is 2.49. The van der Waals surface area contributed by atoms with E-state index >= 15 is 0 Å². The van der Waals surface area contributed by atoms with E-state index in [1.807, 2.05) is 0 Å². The number of aliphatic hydroxyl groups is 2. The van der Waals surface area contributed by atoms with E-state index < -0.39 is 11.2 Å². The maximum Gasteiger partial charge on any atom is 0.219 e. The second-order valence-corrected chi connectivity index (χ2v) is 9.21. The quantitative estimate of drug-likeness (QED) is 0.714. The zero-order valence-corrected chi connectivity index (χ0v) is 18.2. The molecule has 0 aromatic heterocycles. The van der Waals surface area contributed by atoms with Crippen LogP contribution >= 0.6 is 0 Å². The highest BCUT2D eigenvalue weighted by Crippen LogP contribution is 2.29. The van der Waals surface area contributed by atoms with Gasteiger partial charge in [-0.15, -0.1) is 0 Å². The van der Waals surface area contributed by atoms with Gasteiger partial charge in [0.05, 0.1) is 12.1 Å². The summed E-state index contributed by atoms with van der Waals surface area (Å²) in [5, 5.41) is 22.5. The van der Waals surface area contributed by atoms with Gasteiger partial charge in [0.1, 0.15) is 23.8 Å². The third-order valence-corrected chi connectivity index (χ3v) is 6.32. The predicted molar refractivity (Wildman–Crippen MR) is 113 cm³/mol. The fraction of sp³-hybridized carbons (Fsp3) is 0.696. The third-order valence-electron chi connectivity index (χ3n) is 6.32. The van der Waals surface area contributed by atoms with Crippen molar-refractivity contribution in [2.45, 2.75) is 63.6 Å². The molecule has 2 aliphatic rings. The van der Waals surface area contributed by atoms with Crippen molar-refractivity contribution < 1.29 is 24.1 Å². The highest BCUT2D eigenvalue weighted by atomic mass is 19.1. The molecule has 1 aromatic carbocycles. The van der Waals surface area contributed by atoms with Crippen LogP contribution in [0, 0.1) is 12.7 Å². The summed E-state index contributed by atoms with van der Waals surface area (Å²) in [6.45, 7) is 5.20. The first kappa shape index (κ1) is 23.0. The fourth-order valence-electron chi connectivity index (χ4n) is 4.62. The van der Waals surface area contributed by atoms with Crippen LogP contribution < -0.4 is 4.74 Å². The second-order valence-electron chi connectivity index (χ2n) is 9.21. The van der Waals surface area contributed by atoms with Crippen LogP contribution in [0.1, 0.15) is 51.0 Å². The number of amides is 1. The van der Waals surface area contributed by atoms with Crippen LogP contribution in [0.5, 0.6) is 5.75 Å². The Morgan fingerprint density at radius 2 is 1.80 bits per heavy atom. The van der Waals surface area contributed by atoms with Crippen LogP contribution in [0.3, 0.4) is 0 Å². The molecular weight excluding hydrogens is 387 g/mol. The van der Waals surface area contributed by atoms with Crippen molar-refractivity contribution in [1.82, 2.24) is 9.80 Å². The molecule has 2 N–H and O–H groups in total. The Morgan fingerprint density at radius 1 is 1.10 bits per heavy atom. The smallest absolute Gasteiger partial charge is 0.219 e. The lowest BCUT2D eigenvalue weighted by molar-refractivity contribution is -0.132. The number of nitrogens with zero attached hydrogens (tertiary/aromatic N) is 2. The Morgan fingerprint density at radius 3 is 2.43 bits per heavy atom. The molecule has 0 unspecified atom stereocenters. The van der Waals surface area contributed by atoms with E-state index in [-0.39, 0.29) is 24.9 Å². The molecule has 168 valence electrons. The van der Waals surface area contributed by atoms with Gasteiger partial charge in [-0.25, -0.2) is 4.39 Å². The lowest BCUT2D eigenvalue weighted by Gasteiger charge is -2.36. The number of carbonyl (C=O) groups is 1. The molecule has 1 atom stereocenters. The molecule has 1 aliphatic carbocycles. The van der Waals surface area contributed by atoms with Crippen LogP contribution in [-0.2, 0) is 4.79 Å². The highest BCUT2D eigenvalue weighted by Gasteiger charge is 2.39. The first-order valence-corrected chi connectivity index (χ1v) is 11.0. The number of β-amino-alcohol motifs (C(OH)–C–C–N with tert-alkyl or cyclic N) is 2. The summed E-state index contributed by atoms with van der Waals surface area (Å²) in [7, 11) is 0. The summed E-state index contributed by atoms with van der Waals surface area (Å²) < 4.78 is 19.3. The lowest BCUT2D eigenvalue weighted by atomic mass is 9.93. The van der Waals surface area contributed by atoms with Gasteiger partial charge in [-0.3, -0.25) is 9.69 Å². The van der Waals surface area contributed by atoms with E-state index in [0.717, 1.165) is 38.5 Å². The van der Waals surface area contributed by atoms with Crippen molar-refractivity contribution in [2.75, 3.05) is 39.3 Å². The molecular formula is C23H35FN2O4.